The van der Waals surface area contributed by atoms with Crippen LogP contribution >= 0.6 is 36.2 Å². The predicted molar refractivity (Wildman–Crippen MR) is 34.1 cm³/mol. The van der Waals surface area contributed by atoms with E-state index in [4.69, 9.17) is 5.14 Å². The number of thiol groups is 1. The molecule has 0 saturated heterocycles. The van der Waals surface area contributed by atoms with Gasteiger partial charge in [0.25, 0.3) is 0 Å². The molecule has 1 atom stereocenters. The molecule has 4 heteroatoms. The third-order valence-electron chi connectivity index (χ3n) is 0. The Morgan fingerprint density at radius 3 is 2.00 bits per heavy atom. The Balaban J connectivity index is 3.02. The van der Waals surface area contributed by atoms with Gasteiger partial charge in [-0.15, -0.1) is 0 Å². The van der Waals surface area contributed by atoms with Crippen molar-refractivity contribution in [2.75, 3.05) is 0 Å². The topological polar surface area (TPSA) is 26.0 Å². The summed E-state index contributed by atoms with van der Waals surface area (Å²) in [7, 11) is 3.34. The van der Waals surface area contributed by atoms with Crippen LogP contribution in [0.2, 0.25) is 0 Å². The SMILES string of the molecule is N[SH](#P)I. The van der Waals surface area contributed by atoms with Crippen LogP contribution in [0.5, 0.6) is 0 Å². The Morgan fingerprint density at radius 1 is 2.00 bits per heavy atom. The molecule has 4 heavy (non-hydrogen) atoms. The van der Waals surface area contributed by atoms with E-state index in [9.17, 15) is 0 Å². The molecule has 0 rings (SSSR count). The summed E-state index contributed by atoms with van der Waals surface area (Å²) in [5.41, 5.74) is 0. The normalized spacial score (nSPS) is 15.2. The molecule has 0 spiro atoms. The van der Waals surface area contributed by atoms with Crippen LogP contribution in [0.1, 0.15) is 0 Å². The molecule has 0 fully saturated rings. The van der Waals surface area contributed by atoms with Crippen molar-refractivity contribution in [3.05, 3.63) is 0 Å². The third-order valence-corrected chi connectivity index (χ3v) is 0. The molecule has 0 radical (unpaired) electrons. The number of hydrogen-bond donors (Lipinski definition) is 2. The van der Waals surface area contributed by atoms with Gasteiger partial charge in [-0.25, -0.2) is 0 Å². The first-order valence-corrected chi connectivity index (χ1v) is 5.98. The van der Waals surface area contributed by atoms with Crippen LogP contribution in [-0.4, -0.2) is 0 Å². The molecule has 0 heterocycles. The predicted octanol–water partition coefficient (Wildman–Crippen LogP) is 1.54. The van der Waals surface area contributed by atoms with Crippen molar-refractivity contribution in [3.63, 3.8) is 0 Å². The van der Waals surface area contributed by atoms with Crippen LogP contribution in [0, 0.1) is 0 Å². The second-order valence-corrected chi connectivity index (χ2v) is 7.57. The molecule has 0 aromatic carbocycles. The Hall–Kier alpha value is 1.47. The van der Waals surface area contributed by atoms with Gasteiger partial charge in [0.15, 0.2) is 0 Å². The number of nitrogens with two attached hydrogens (primary N) is 1. The number of rotatable bonds is 0. The van der Waals surface area contributed by atoms with E-state index in [0.29, 0.717) is 0 Å². The van der Waals surface area contributed by atoms with E-state index in [1.807, 2.05) is 0 Å². The molecule has 1 nitrogen and oxygen atoms in total. The zero-order valence-electron chi connectivity index (χ0n) is 1.85. The van der Waals surface area contributed by atoms with E-state index in [1.165, 1.54) is 0 Å². The average Bonchev–Trinajstić information content (AvgIpc) is 0.811. The molecular weight excluding hydrogens is 204 g/mol. The molecule has 0 saturated carbocycles. The summed E-state index contributed by atoms with van der Waals surface area (Å²) >= 11 is 2.05. The van der Waals surface area contributed by atoms with Crippen molar-refractivity contribution in [3.8, 4) is 0 Å². The minimum atomic E-state index is -0.456. The first kappa shape index (κ1) is 5.47. The standard InChI is InChI=1S/H3INPS/c1-4(2)3/h4H,2H2. The Kier molecular flexibility index (Phi) is 3.68. The maximum atomic E-state index is 5.03. The fraction of sp³-hybridized carbons (Fsp3) is 0. The van der Waals surface area contributed by atoms with E-state index >= 15 is 0 Å². The molecule has 0 aromatic rings. The zero-order chi connectivity index (χ0) is 3.58. The molecular formula is H3INPS. The van der Waals surface area contributed by atoms with Gasteiger partial charge in [0.2, 0.25) is 0 Å². The van der Waals surface area contributed by atoms with Crippen molar-refractivity contribution < 1.29 is 0 Å². The van der Waals surface area contributed by atoms with Gasteiger partial charge in [-0.2, -0.15) is 0 Å². The summed E-state index contributed by atoms with van der Waals surface area (Å²) in [6.45, 7) is 0. The molecule has 26 valence electrons. The second kappa shape index (κ2) is 2.69. The molecule has 0 aliphatic carbocycles. The first-order chi connectivity index (χ1) is 1.73. The summed E-state index contributed by atoms with van der Waals surface area (Å²) in [5, 5.41) is 5.03. The van der Waals surface area contributed by atoms with Crippen LogP contribution < -0.4 is 5.14 Å². The maximum absolute atomic E-state index is 5.03. The van der Waals surface area contributed by atoms with Gasteiger partial charge in [-0.1, -0.05) is 0 Å². The molecule has 0 aromatic heterocycles. The first-order valence-electron chi connectivity index (χ1n) is 0.627. The van der Waals surface area contributed by atoms with Gasteiger partial charge in [0, 0.05) is 0 Å². The van der Waals surface area contributed by atoms with Crippen LogP contribution in [0.25, 0.3) is 0 Å². The zero-order valence-corrected chi connectivity index (χ0v) is 5.80. The Morgan fingerprint density at radius 2 is 2.00 bits per heavy atom. The summed E-state index contributed by atoms with van der Waals surface area (Å²) in [5.74, 6) is 0. The molecule has 0 aliphatic heterocycles. The van der Waals surface area contributed by atoms with Crippen molar-refractivity contribution in [1.82, 2.24) is 0 Å². The van der Waals surface area contributed by atoms with E-state index in [1.54, 1.807) is 0 Å². The van der Waals surface area contributed by atoms with Crippen LogP contribution in [0.15, 0.2) is 0 Å². The number of halogens is 1. The summed E-state index contributed by atoms with van der Waals surface area (Å²) in [6.07, 6.45) is 0. The van der Waals surface area contributed by atoms with E-state index in [2.05, 4.69) is 29.0 Å². The molecule has 0 aliphatic rings. The Bertz CT molecular complexity index is 54.2. The molecule has 1 unspecified atom stereocenters. The van der Waals surface area contributed by atoms with E-state index in [-0.39, 0.29) is 0 Å². The summed E-state index contributed by atoms with van der Waals surface area (Å²) < 4.78 is 0. The molecule has 2 N–H and O–H groups in total. The second-order valence-electron chi connectivity index (χ2n) is 0.289. The van der Waals surface area contributed by atoms with Crippen LogP contribution in [0.3, 0.4) is 0 Å². The fourth-order valence-electron chi connectivity index (χ4n) is 0. The van der Waals surface area contributed by atoms with Crippen molar-refractivity contribution >= 4 is 36.2 Å². The molecule has 0 bridgehead atoms. The van der Waals surface area contributed by atoms with Crippen molar-refractivity contribution in [2.45, 2.75) is 0 Å². The quantitative estimate of drug-likeness (QED) is 0.351. The minimum absolute atomic E-state index is 0.456. The fourth-order valence-corrected chi connectivity index (χ4v) is 0. The van der Waals surface area contributed by atoms with E-state index in [0.717, 1.165) is 0 Å². The van der Waals surface area contributed by atoms with E-state index < -0.39 is 7.23 Å². The van der Waals surface area contributed by atoms with Gasteiger partial charge < -0.3 is 0 Å². The molecule has 0 amide bonds. The summed E-state index contributed by atoms with van der Waals surface area (Å²) in [4.78, 5) is 0. The van der Waals surface area contributed by atoms with Gasteiger partial charge in [-0.3, -0.25) is 0 Å². The van der Waals surface area contributed by atoms with Crippen molar-refractivity contribution in [2.24, 2.45) is 5.14 Å². The Labute approximate surface area is 41.5 Å². The monoisotopic (exact) mass is 207 g/mol. The van der Waals surface area contributed by atoms with Gasteiger partial charge in [0.05, 0.1) is 0 Å². The number of hydrogen-bond acceptors (Lipinski definition) is 1. The van der Waals surface area contributed by atoms with Crippen LogP contribution in [0.4, 0.5) is 0 Å². The van der Waals surface area contributed by atoms with Gasteiger partial charge in [0.1, 0.15) is 0 Å². The summed E-state index contributed by atoms with van der Waals surface area (Å²) in [6, 6.07) is 0. The van der Waals surface area contributed by atoms with Crippen molar-refractivity contribution in [1.29, 1.82) is 0 Å². The third kappa shape index (κ3) is 9.80. The average molecular weight is 207 g/mol. The van der Waals surface area contributed by atoms with Crippen LogP contribution in [-0.2, 0) is 0 Å². The van der Waals surface area contributed by atoms with Gasteiger partial charge in [-0.05, 0) is 0 Å². The van der Waals surface area contributed by atoms with Gasteiger partial charge >= 0.3 is 41.4 Å².